The topological polar surface area (TPSA) is 84.0 Å². The molecular weight excluding hydrogens is 292 g/mol. The van der Waals surface area contributed by atoms with Crippen molar-refractivity contribution in [3.63, 3.8) is 0 Å². The zero-order valence-corrected chi connectivity index (χ0v) is 12.9. The number of nitrogens with two attached hydrogens (primary N) is 1. The highest BCUT2D eigenvalue weighted by atomic mass is 35.5. The Labute approximate surface area is 129 Å². The first-order valence-electron chi connectivity index (χ1n) is 7.16. The molecule has 2 rings (SSSR count). The lowest BCUT2D eigenvalue weighted by atomic mass is 10.1. The maximum Gasteiger partial charge on any atom is 0.171 e. The smallest absolute Gasteiger partial charge is 0.171 e. The van der Waals surface area contributed by atoms with E-state index in [9.17, 15) is 0 Å². The predicted molar refractivity (Wildman–Crippen MR) is 83.2 cm³/mol. The van der Waals surface area contributed by atoms with Gasteiger partial charge in [0.25, 0.3) is 0 Å². The molecule has 6 nitrogen and oxygen atoms in total. The minimum absolute atomic E-state index is 0.0144. The fourth-order valence-corrected chi connectivity index (χ4v) is 2.78. The van der Waals surface area contributed by atoms with Gasteiger partial charge in [0.2, 0.25) is 0 Å². The molecule has 0 aromatic carbocycles. The Balaban J connectivity index is 2.17. The summed E-state index contributed by atoms with van der Waals surface area (Å²) < 4.78 is 5.82. The summed E-state index contributed by atoms with van der Waals surface area (Å²) in [6, 6.07) is 1.63. The number of rotatable bonds is 5. The van der Waals surface area contributed by atoms with Gasteiger partial charge in [-0.05, 0) is 25.3 Å². The molecule has 21 heavy (non-hydrogen) atoms. The van der Waals surface area contributed by atoms with Crippen LogP contribution < -0.4 is 10.6 Å². The molecule has 7 heteroatoms. The van der Waals surface area contributed by atoms with Crippen LogP contribution in [0.4, 0.5) is 5.82 Å². The minimum atomic E-state index is -0.0144. The van der Waals surface area contributed by atoms with E-state index in [-0.39, 0.29) is 11.9 Å². The molecule has 0 aliphatic carbocycles. The average Bonchev–Trinajstić information content (AvgIpc) is 2.52. The highest BCUT2D eigenvalue weighted by molar-refractivity contribution is 6.36. The molecule has 1 unspecified atom stereocenters. The number of anilines is 1. The van der Waals surface area contributed by atoms with Crippen LogP contribution in [-0.4, -0.2) is 41.8 Å². The normalized spacial score (nSPS) is 19.8. The standard InChI is InChI=1S/C14H21ClN4O2/c1-2-8-21-10-4-3-7-19(9-10)14-12(15)11(5-6-17-14)13(16)18-20/h5-6,10,20H,2-4,7-9H2,1H3,(H2,16,18). The van der Waals surface area contributed by atoms with Crippen LogP contribution in [0.3, 0.4) is 0 Å². The number of pyridine rings is 1. The van der Waals surface area contributed by atoms with E-state index in [4.69, 9.17) is 27.3 Å². The van der Waals surface area contributed by atoms with Gasteiger partial charge < -0.3 is 20.6 Å². The fourth-order valence-electron chi connectivity index (χ4n) is 2.46. The zero-order chi connectivity index (χ0) is 15.2. The van der Waals surface area contributed by atoms with Gasteiger partial charge in [-0.15, -0.1) is 0 Å². The van der Waals surface area contributed by atoms with Gasteiger partial charge >= 0.3 is 0 Å². The molecule has 0 bridgehead atoms. The van der Waals surface area contributed by atoms with Crippen LogP contribution in [0, 0.1) is 0 Å². The Morgan fingerprint density at radius 2 is 2.48 bits per heavy atom. The van der Waals surface area contributed by atoms with Gasteiger partial charge in [-0.2, -0.15) is 0 Å². The van der Waals surface area contributed by atoms with E-state index in [0.717, 1.165) is 39.0 Å². The Hall–Kier alpha value is -1.53. The molecule has 0 radical (unpaired) electrons. The van der Waals surface area contributed by atoms with Gasteiger partial charge in [0.05, 0.1) is 11.1 Å². The highest BCUT2D eigenvalue weighted by Crippen LogP contribution is 2.29. The Bertz CT molecular complexity index is 510. The van der Waals surface area contributed by atoms with Crippen LogP contribution in [0.15, 0.2) is 17.4 Å². The number of piperidine rings is 1. The largest absolute Gasteiger partial charge is 0.409 e. The van der Waals surface area contributed by atoms with Crippen LogP contribution in [0.25, 0.3) is 0 Å². The van der Waals surface area contributed by atoms with Gasteiger partial charge in [0, 0.05) is 31.5 Å². The van der Waals surface area contributed by atoms with E-state index in [2.05, 4.69) is 22.0 Å². The third kappa shape index (κ3) is 3.77. The number of oxime groups is 1. The molecule has 1 saturated heterocycles. The summed E-state index contributed by atoms with van der Waals surface area (Å²) in [5, 5.41) is 12.2. The van der Waals surface area contributed by atoms with E-state index < -0.39 is 0 Å². The molecule has 0 saturated carbocycles. The number of hydrogen-bond acceptors (Lipinski definition) is 5. The van der Waals surface area contributed by atoms with Gasteiger partial charge in [-0.25, -0.2) is 4.98 Å². The fraction of sp³-hybridized carbons (Fsp3) is 0.571. The van der Waals surface area contributed by atoms with Gasteiger partial charge in [0.1, 0.15) is 5.82 Å². The first-order valence-corrected chi connectivity index (χ1v) is 7.54. The van der Waals surface area contributed by atoms with Crippen molar-refractivity contribution in [2.45, 2.75) is 32.3 Å². The second kappa shape index (κ2) is 7.47. The molecule has 1 aromatic rings. The van der Waals surface area contributed by atoms with E-state index in [1.54, 1.807) is 12.3 Å². The number of halogens is 1. The third-order valence-corrected chi connectivity index (χ3v) is 3.86. The first-order chi connectivity index (χ1) is 10.2. The molecule has 1 aromatic heterocycles. The molecule has 1 fully saturated rings. The number of hydrogen-bond donors (Lipinski definition) is 2. The number of ether oxygens (including phenoxy) is 1. The molecule has 1 atom stereocenters. The Morgan fingerprint density at radius 3 is 3.19 bits per heavy atom. The monoisotopic (exact) mass is 312 g/mol. The van der Waals surface area contributed by atoms with Crippen LogP contribution in [0.2, 0.25) is 5.02 Å². The van der Waals surface area contributed by atoms with Crippen molar-refractivity contribution in [3.05, 3.63) is 22.8 Å². The SMILES string of the molecule is CCCOC1CCCN(c2nccc(/C(N)=N/O)c2Cl)C1. The molecule has 0 amide bonds. The second-order valence-corrected chi connectivity index (χ2v) is 5.44. The van der Waals surface area contributed by atoms with E-state index in [1.165, 1.54) is 0 Å². The van der Waals surface area contributed by atoms with Crippen molar-refractivity contribution in [1.82, 2.24) is 4.98 Å². The summed E-state index contributed by atoms with van der Waals surface area (Å²) in [5.41, 5.74) is 6.12. The minimum Gasteiger partial charge on any atom is -0.409 e. The lowest BCUT2D eigenvalue weighted by molar-refractivity contribution is 0.0439. The van der Waals surface area contributed by atoms with Crippen molar-refractivity contribution in [2.75, 3.05) is 24.6 Å². The summed E-state index contributed by atoms with van der Waals surface area (Å²) in [6.45, 7) is 4.49. The molecule has 0 spiro atoms. The average molecular weight is 313 g/mol. The van der Waals surface area contributed by atoms with E-state index >= 15 is 0 Å². The summed E-state index contributed by atoms with van der Waals surface area (Å²) >= 11 is 6.35. The second-order valence-electron chi connectivity index (χ2n) is 5.06. The maximum atomic E-state index is 8.80. The summed E-state index contributed by atoms with van der Waals surface area (Å²) in [5.74, 6) is 0.644. The van der Waals surface area contributed by atoms with E-state index in [0.29, 0.717) is 16.4 Å². The lowest BCUT2D eigenvalue weighted by Gasteiger charge is -2.34. The summed E-state index contributed by atoms with van der Waals surface area (Å²) in [6.07, 6.45) is 4.90. The van der Waals surface area contributed by atoms with Crippen LogP contribution in [0.5, 0.6) is 0 Å². The van der Waals surface area contributed by atoms with Gasteiger partial charge in [-0.1, -0.05) is 23.7 Å². The lowest BCUT2D eigenvalue weighted by Crippen LogP contribution is -2.40. The third-order valence-electron chi connectivity index (χ3n) is 3.49. The zero-order valence-electron chi connectivity index (χ0n) is 12.1. The summed E-state index contributed by atoms with van der Waals surface area (Å²) in [7, 11) is 0. The van der Waals surface area contributed by atoms with Crippen LogP contribution >= 0.6 is 11.6 Å². The maximum absolute atomic E-state index is 8.80. The summed E-state index contributed by atoms with van der Waals surface area (Å²) in [4.78, 5) is 6.44. The quantitative estimate of drug-likeness (QED) is 0.377. The number of aromatic nitrogens is 1. The molecule has 3 N–H and O–H groups in total. The molecule has 2 heterocycles. The molecule has 116 valence electrons. The molecular formula is C14H21ClN4O2. The van der Waals surface area contributed by atoms with Crippen molar-refractivity contribution < 1.29 is 9.94 Å². The van der Waals surface area contributed by atoms with Crippen LogP contribution in [0.1, 0.15) is 31.7 Å². The van der Waals surface area contributed by atoms with Crippen molar-refractivity contribution in [1.29, 1.82) is 0 Å². The number of amidine groups is 1. The molecule has 1 aliphatic rings. The van der Waals surface area contributed by atoms with Gasteiger partial charge in [0.15, 0.2) is 5.84 Å². The highest BCUT2D eigenvalue weighted by Gasteiger charge is 2.24. The Morgan fingerprint density at radius 1 is 1.67 bits per heavy atom. The predicted octanol–water partition coefficient (Wildman–Crippen LogP) is 2.22. The van der Waals surface area contributed by atoms with Crippen molar-refractivity contribution in [2.24, 2.45) is 10.9 Å². The van der Waals surface area contributed by atoms with Gasteiger partial charge in [-0.3, -0.25) is 0 Å². The molecule has 1 aliphatic heterocycles. The Kier molecular flexibility index (Phi) is 5.64. The van der Waals surface area contributed by atoms with Crippen LogP contribution in [-0.2, 0) is 4.74 Å². The van der Waals surface area contributed by atoms with Crippen molar-refractivity contribution in [3.8, 4) is 0 Å². The number of nitrogens with zero attached hydrogens (tertiary/aromatic N) is 3. The van der Waals surface area contributed by atoms with Crippen molar-refractivity contribution >= 4 is 23.3 Å². The van der Waals surface area contributed by atoms with E-state index in [1.807, 2.05) is 0 Å². The first kappa shape index (κ1) is 15.9.